The lowest BCUT2D eigenvalue weighted by molar-refractivity contribution is -0.111. The zero-order valence-electron chi connectivity index (χ0n) is 11.2. The summed E-state index contributed by atoms with van der Waals surface area (Å²) >= 11 is 6.04. The average Bonchev–Trinajstić information content (AvgIpc) is 2.42. The second-order valence-electron chi connectivity index (χ2n) is 5.25. The van der Waals surface area contributed by atoms with Crippen molar-refractivity contribution >= 4 is 18.0 Å². The summed E-state index contributed by atoms with van der Waals surface area (Å²) in [6, 6.07) is 5.83. The van der Waals surface area contributed by atoms with Gasteiger partial charge in [-0.2, -0.15) is 0 Å². The molecule has 0 aromatic heterocycles. The van der Waals surface area contributed by atoms with Crippen LogP contribution in [0.5, 0.6) is 5.75 Å². The third kappa shape index (κ3) is 3.41. The topological polar surface area (TPSA) is 38.3 Å². The first-order valence-corrected chi connectivity index (χ1v) is 7.11. The predicted octanol–water partition coefficient (Wildman–Crippen LogP) is 3.34. The van der Waals surface area contributed by atoms with Crippen LogP contribution in [0.25, 0.3) is 0 Å². The number of methoxy groups -OCH3 is 1. The van der Waals surface area contributed by atoms with E-state index >= 15 is 0 Å². The van der Waals surface area contributed by atoms with Gasteiger partial charge in [0, 0.05) is 5.54 Å². The lowest BCUT2D eigenvalue weighted by Crippen LogP contribution is -2.47. The minimum Gasteiger partial charge on any atom is -0.495 e. The fourth-order valence-corrected chi connectivity index (χ4v) is 3.13. The second-order valence-corrected chi connectivity index (χ2v) is 5.66. The minimum absolute atomic E-state index is 0.0984. The number of hydrogen-bond acceptors (Lipinski definition) is 2. The molecule has 0 bridgehead atoms. The normalized spacial score (nSPS) is 17.8. The highest BCUT2D eigenvalue weighted by molar-refractivity contribution is 6.32. The third-order valence-corrected chi connectivity index (χ3v) is 4.25. The van der Waals surface area contributed by atoms with Crippen LogP contribution in [0.1, 0.15) is 37.7 Å². The summed E-state index contributed by atoms with van der Waals surface area (Å²) in [7, 11) is 1.62. The summed E-state index contributed by atoms with van der Waals surface area (Å²) in [5, 5.41) is 3.66. The van der Waals surface area contributed by atoms with Gasteiger partial charge in [0.2, 0.25) is 6.41 Å². The molecule has 3 nitrogen and oxygen atoms in total. The molecular weight excluding hydrogens is 262 g/mol. The molecular formula is C15H20ClNO2. The Morgan fingerprint density at radius 3 is 2.74 bits per heavy atom. The number of ether oxygens (including phenoxy) is 1. The van der Waals surface area contributed by atoms with Crippen LogP contribution < -0.4 is 10.1 Å². The van der Waals surface area contributed by atoms with Gasteiger partial charge >= 0.3 is 0 Å². The van der Waals surface area contributed by atoms with E-state index in [-0.39, 0.29) is 5.54 Å². The largest absolute Gasteiger partial charge is 0.495 e. The first-order chi connectivity index (χ1) is 9.19. The van der Waals surface area contributed by atoms with Gasteiger partial charge in [0.05, 0.1) is 12.1 Å². The van der Waals surface area contributed by atoms with Crippen LogP contribution in [0, 0.1) is 0 Å². The Bertz CT molecular complexity index is 442. The van der Waals surface area contributed by atoms with Gasteiger partial charge in [0.15, 0.2) is 0 Å². The molecule has 0 atom stereocenters. The van der Waals surface area contributed by atoms with Crippen molar-refractivity contribution in [2.24, 2.45) is 0 Å². The van der Waals surface area contributed by atoms with Gasteiger partial charge < -0.3 is 10.1 Å². The Hall–Kier alpha value is -1.22. The summed E-state index contributed by atoms with van der Waals surface area (Å²) in [5.74, 6) is 0.691. The van der Waals surface area contributed by atoms with Gasteiger partial charge in [-0.05, 0) is 37.0 Å². The van der Waals surface area contributed by atoms with Crippen LogP contribution in [0.4, 0.5) is 0 Å². The van der Waals surface area contributed by atoms with Crippen molar-refractivity contribution in [3.63, 3.8) is 0 Å². The first kappa shape index (κ1) is 14.2. The van der Waals surface area contributed by atoms with E-state index in [0.29, 0.717) is 10.8 Å². The van der Waals surface area contributed by atoms with Gasteiger partial charge in [0.25, 0.3) is 0 Å². The summed E-state index contributed by atoms with van der Waals surface area (Å²) in [6.45, 7) is 0. The lowest BCUT2D eigenvalue weighted by atomic mass is 9.77. The molecule has 1 aromatic carbocycles. The molecule has 2 rings (SSSR count). The molecule has 1 aliphatic rings. The van der Waals surface area contributed by atoms with Crippen LogP contribution in [0.3, 0.4) is 0 Å². The average molecular weight is 282 g/mol. The molecule has 0 unspecified atom stereocenters. The van der Waals surface area contributed by atoms with Crippen molar-refractivity contribution in [1.29, 1.82) is 0 Å². The Kier molecular flexibility index (Phi) is 4.70. The lowest BCUT2D eigenvalue weighted by Gasteiger charge is -2.37. The number of carbonyl (C=O) groups excluding carboxylic acids is 1. The van der Waals surface area contributed by atoms with Crippen LogP contribution in [0.15, 0.2) is 18.2 Å². The maximum absolute atomic E-state index is 10.9. The van der Waals surface area contributed by atoms with Crippen molar-refractivity contribution in [3.8, 4) is 5.75 Å². The van der Waals surface area contributed by atoms with Crippen molar-refractivity contribution in [2.45, 2.75) is 44.1 Å². The molecule has 1 aromatic rings. The third-order valence-electron chi connectivity index (χ3n) is 3.93. The Balaban J connectivity index is 2.18. The zero-order valence-corrected chi connectivity index (χ0v) is 12.0. The number of benzene rings is 1. The quantitative estimate of drug-likeness (QED) is 0.841. The van der Waals surface area contributed by atoms with Gasteiger partial charge in [-0.15, -0.1) is 0 Å². The maximum atomic E-state index is 10.9. The fourth-order valence-electron chi connectivity index (χ4n) is 2.93. The van der Waals surface area contributed by atoms with Crippen LogP contribution in [-0.4, -0.2) is 19.1 Å². The molecule has 1 N–H and O–H groups in total. The highest BCUT2D eigenvalue weighted by atomic mass is 35.5. The number of carbonyl (C=O) groups is 1. The molecule has 1 amide bonds. The van der Waals surface area contributed by atoms with Crippen LogP contribution in [0.2, 0.25) is 5.02 Å². The molecule has 0 saturated heterocycles. The predicted molar refractivity (Wildman–Crippen MR) is 76.7 cm³/mol. The smallest absolute Gasteiger partial charge is 0.207 e. The highest BCUT2D eigenvalue weighted by Crippen LogP contribution is 2.33. The Morgan fingerprint density at radius 1 is 1.37 bits per heavy atom. The van der Waals surface area contributed by atoms with Gasteiger partial charge in [0.1, 0.15) is 5.75 Å². The first-order valence-electron chi connectivity index (χ1n) is 6.73. The van der Waals surface area contributed by atoms with Gasteiger partial charge in [-0.25, -0.2) is 0 Å². The van der Waals surface area contributed by atoms with E-state index in [4.69, 9.17) is 16.3 Å². The highest BCUT2D eigenvalue weighted by Gasteiger charge is 2.31. The molecule has 104 valence electrons. The second kappa shape index (κ2) is 6.29. The van der Waals surface area contributed by atoms with E-state index in [1.165, 1.54) is 19.3 Å². The SMILES string of the molecule is COc1cc(CC2(NC=O)CCCCC2)ccc1Cl. The summed E-state index contributed by atoms with van der Waals surface area (Å²) in [6.07, 6.45) is 7.34. The minimum atomic E-state index is -0.0984. The maximum Gasteiger partial charge on any atom is 0.207 e. The van der Waals surface area contributed by atoms with E-state index in [0.717, 1.165) is 31.2 Å². The molecule has 0 radical (unpaired) electrons. The number of nitrogens with one attached hydrogen (secondary N) is 1. The molecule has 1 fully saturated rings. The van der Waals surface area contributed by atoms with Crippen LogP contribution >= 0.6 is 11.6 Å². The Labute approximate surface area is 119 Å². The molecule has 1 aliphatic carbocycles. The fraction of sp³-hybridized carbons (Fsp3) is 0.533. The molecule has 4 heteroatoms. The standard InChI is InChI=1S/C15H20ClNO2/c1-19-14-9-12(5-6-13(14)16)10-15(17-11-18)7-3-2-4-8-15/h5-6,9,11H,2-4,7-8,10H2,1H3,(H,17,18). The van der Waals surface area contributed by atoms with Crippen LogP contribution in [-0.2, 0) is 11.2 Å². The van der Waals surface area contributed by atoms with E-state index in [1.54, 1.807) is 7.11 Å². The number of halogens is 1. The molecule has 0 spiro atoms. The number of hydrogen-bond donors (Lipinski definition) is 1. The van der Waals surface area contributed by atoms with Crippen molar-refractivity contribution in [3.05, 3.63) is 28.8 Å². The zero-order chi connectivity index (χ0) is 13.7. The Morgan fingerprint density at radius 2 is 2.11 bits per heavy atom. The van der Waals surface area contributed by atoms with Gasteiger partial charge in [-0.1, -0.05) is 36.9 Å². The number of amides is 1. The summed E-state index contributed by atoms with van der Waals surface area (Å²) in [4.78, 5) is 10.9. The summed E-state index contributed by atoms with van der Waals surface area (Å²) < 4.78 is 5.25. The molecule has 0 aliphatic heterocycles. The molecule has 0 heterocycles. The number of rotatable bonds is 5. The van der Waals surface area contributed by atoms with Crippen molar-refractivity contribution < 1.29 is 9.53 Å². The van der Waals surface area contributed by atoms with E-state index in [1.807, 2.05) is 18.2 Å². The molecule has 1 saturated carbocycles. The van der Waals surface area contributed by atoms with E-state index in [9.17, 15) is 4.79 Å². The van der Waals surface area contributed by atoms with E-state index in [2.05, 4.69) is 5.32 Å². The van der Waals surface area contributed by atoms with E-state index < -0.39 is 0 Å². The van der Waals surface area contributed by atoms with Crippen molar-refractivity contribution in [1.82, 2.24) is 5.32 Å². The van der Waals surface area contributed by atoms with Crippen molar-refractivity contribution in [2.75, 3.05) is 7.11 Å². The monoisotopic (exact) mass is 281 g/mol. The van der Waals surface area contributed by atoms with Gasteiger partial charge in [-0.3, -0.25) is 4.79 Å². The molecule has 19 heavy (non-hydrogen) atoms. The summed E-state index contributed by atoms with van der Waals surface area (Å²) in [5.41, 5.74) is 1.05.